The molecule has 0 aliphatic heterocycles. The maximum atomic E-state index is 5.55. The van der Waals surface area contributed by atoms with E-state index in [-0.39, 0.29) is 0 Å². The van der Waals surface area contributed by atoms with Gasteiger partial charge < -0.3 is 10.3 Å². The molecule has 0 spiro atoms. The van der Waals surface area contributed by atoms with Crippen molar-refractivity contribution in [3.63, 3.8) is 0 Å². The molecule has 0 atom stereocenters. The molecule has 0 amide bonds. The van der Waals surface area contributed by atoms with Crippen LogP contribution in [0.3, 0.4) is 0 Å². The lowest BCUT2D eigenvalue weighted by Gasteiger charge is -2.07. The minimum atomic E-state index is 0.520. The van der Waals surface area contributed by atoms with Gasteiger partial charge >= 0.3 is 0 Å². The highest BCUT2D eigenvalue weighted by Crippen LogP contribution is 2.16. The maximum absolute atomic E-state index is 5.55. The summed E-state index contributed by atoms with van der Waals surface area (Å²) in [5.41, 5.74) is 8.74. The molecule has 3 nitrogen and oxygen atoms in total. The number of hydrogen-bond donors (Lipinski definition) is 1. The molecule has 0 fully saturated rings. The van der Waals surface area contributed by atoms with Gasteiger partial charge in [-0.3, -0.25) is 0 Å². The number of imidazole rings is 1. The fourth-order valence-corrected chi connectivity index (χ4v) is 1.68. The lowest BCUT2D eigenvalue weighted by molar-refractivity contribution is 0.760. The maximum Gasteiger partial charge on any atom is 0.107 e. The number of rotatable bonds is 3. The van der Waals surface area contributed by atoms with Gasteiger partial charge in [0.25, 0.3) is 0 Å². The Kier molecular flexibility index (Phi) is 2.56. The van der Waals surface area contributed by atoms with Gasteiger partial charge in [0, 0.05) is 13.1 Å². The summed E-state index contributed by atoms with van der Waals surface area (Å²) in [6.07, 6.45) is 0. The van der Waals surface area contributed by atoms with Crippen molar-refractivity contribution in [2.24, 2.45) is 5.73 Å². The van der Waals surface area contributed by atoms with Crippen molar-refractivity contribution in [2.45, 2.75) is 13.5 Å². The monoisotopic (exact) mass is 201 g/mol. The average Bonchev–Trinajstić information content (AvgIpc) is 2.55. The van der Waals surface area contributed by atoms with E-state index in [0.717, 1.165) is 29.0 Å². The first-order valence-electron chi connectivity index (χ1n) is 5.01. The number of aryl methyl sites for hydroxylation is 1. The molecule has 78 valence electrons. The van der Waals surface area contributed by atoms with Gasteiger partial charge in [0.2, 0.25) is 0 Å². The Morgan fingerprint density at radius 1 is 1.47 bits per heavy atom. The molecule has 1 heterocycles. The molecule has 0 bridgehead atoms. The Morgan fingerprint density at radius 3 is 2.93 bits per heavy atom. The van der Waals surface area contributed by atoms with Gasteiger partial charge in [0.1, 0.15) is 5.82 Å². The van der Waals surface area contributed by atoms with Crippen LogP contribution in [0.15, 0.2) is 36.4 Å². The highest BCUT2D eigenvalue weighted by Gasteiger charge is 2.06. The number of nitrogens with zero attached hydrogens (tertiary/aromatic N) is 2. The van der Waals surface area contributed by atoms with Crippen LogP contribution in [0, 0.1) is 6.92 Å². The molecule has 2 rings (SSSR count). The molecule has 2 aromatic rings. The molecule has 0 aliphatic carbocycles. The van der Waals surface area contributed by atoms with Gasteiger partial charge in [-0.15, -0.1) is 0 Å². The summed E-state index contributed by atoms with van der Waals surface area (Å²) in [7, 11) is 0. The molecule has 0 saturated carbocycles. The third-order valence-corrected chi connectivity index (χ3v) is 2.52. The van der Waals surface area contributed by atoms with Crippen LogP contribution in [-0.4, -0.2) is 16.1 Å². The molecule has 0 unspecified atom stereocenters. The number of fused-ring (bicyclic) bond motifs is 1. The van der Waals surface area contributed by atoms with Gasteiger partial charge in [0.05, 0.1) is 11.0 Å². The molecule has 0 radical (unpaired) electrons. The summed E-state index contributed by atoms with van der Waals surface area (Å²) in [6.45, 7) is 7.20. The highest BCUT2D eigenvalue weighted by molar-refractivity contribution is 5.75. The standard InChI is InChI=1S/C12H15N3/c1-9(7-13)8-15-10(2)14-11-5-3-4-6-12(11)15/h3-6H,1,7-8,13H2,2H3. The zero-order valence-corrected chi connectivity index (χ0v) is 8.90. The van der Waals surface area contributed by atoms with E-state index in [1.54, 1.807) is 0 Å². The van der Waals surface area contributed by atoms with Crippen molar-refractivity contribution in [3.05, 3.63) is 42.2 Å². The van der Waals surface area contributed by atoms with E-state index < -0.39 is 0 Å². The summed E-state index contributed by atoms with van der Waals surface area (Å²) in [5.74, 6) is 1.01. The Labute approximate surface area is 89.2 Å². The minimum Gasteiger partial charge on any atom is -0.327 e. The Morgan fingerprint density at radius 2 is 2.20 bits per heavy atom. The third kappa shape index (κ3) is 1.78. The molecule has 0 saturated heterocycles. The Balaban J connectivity index is 2.49. The molecular weight excluding hydrogens is 186 g/mol. The molecule has 0 aliphatic rings. The van der Waals surface area contributed by atoms with Crippen molar-refractivity contribution in [2.75, 3.05) is 6.54 Å². The van der Waals surface area contributed by atoms with Gasteiger partial charge in [-0.1, -0.05) is 18.7 Å². The number of benzene rings is 1. The van der Waals surface area contributed by atoms with E-state index >= 15 is 0 Å². The van der Waals surface area contributed by atoms with Crippen molar-refractivity contribution < 1.29 is 0 Å². The zero-order chi connectivity index (χ0) is 10.8. The SMILES string of the molecule is C=C(CN)Cn1c(C)nc2ccccc21. The van der Waals surface area contributed by atoms with E-state index in [1.165, 1.54) is 0 Å². The van der Waals surface area contributed by atoms with Gasteiger partial charge in [-0.05, 0) is 24.6 Å². The van der Waals surface area contributed by atoms with E-state index in [4.69, 9.17) is 5.73 Å². The Hall–Kier alpha value is -1.61. The van der Waals surface area contributed by atoms with Crippen LogP contribution in [0.2, 0.25) is 0 Å². The van der Waals surface area contributed by atoms with Crippen LogP contribution in [0.5, 0.6) is 0 Å². The van der Waals surface area contributed by atoms with Crippen LogP contribution in [0.25, 0.3) is 11.0 Å². The smallest absolute Gasteiger partial charge is 0.107 e. The largest absolute Gasteiger partial charge is 0.327 e. The topological polar surface area (TPSA) is 43.8 Å². The van der Waals surface area contributed by atoms with Gasteiger partial charge in [-0.25, -0.2) is 4.98 Å². The minimum absolute atomic E-state index is 0.520. The lowest BCUT2D eigenvalue weighted by atomic mass is 10.3. The van der Waals surface area contributed by atoms with Crippen LogP contribution < -0.4 is 5.73 Å². The van der Waals surface area contributed by atoms with Crippen molar-refractivity contribution in [1.29, 1.82) is 0 Å². The molecule has 3 heteroatoms. The van der Waals surface area contributed by atoms with Crippen molar-refractivity contribution in [1.82, 2.24) is 9.55 Å². The van der Waals surface area contributed by atoms with Crippen LogP contribution >= 0.6 is 0 Å². The van der Waals surface area contributed by atoms with Crippen LogP contribution in [0.4, 0.5) is 0 Å². The number of para-hydroxylation sites is 2. The van der Waals surface area contributed by atoms with Crippen LogP contribution in [-0.2, 0) is 6.54 Å². The first kappa shape index (κ1) is 9.93. The van der Waals surface area contributed by atoms with Gasteiger partial charge in [0.15, 0.2) is 0 Å². The van der Waals surface area contributed by atoms with Crippen LogP contribution in [0.1, 0.15) is 5.82 Å². The second-order valence-electron chi connectivity index (χ2n) is 3.69. The highest BCUT2D eigenvalue weighted by atomic mass is 15.1. The lowest BCUT2D eigenvalue weighted by Crippen LogP contribution is -2.10. The summed E-state index contributed by atoms with van der Waals surface area (Å²) in [4.78, 5) is 4.48. The summed E-state index contributed by atoms with van der Waals surface area (Å²) in [5, 5.41) is 0. The average molecular weight is 201 g/mol. The number of aromatic nitrogens is 2. The quantitative estimate of drug-likeness (QED) is 0.770. The van der Waals surface area contributed by atoms with Crippen molar-refractivity contribution >= 4 is 11.0 Å². The second kappa shape index (κ2) is 3.87. The van der Waals surface area contributed by atoms with E-state index in [0.29, 0.717) is 6.54 Å². The molecule has 1 aromatic heterocycles. The van der Waals surface area contributed by atoms with E-state index in [2.05, 4.69) is 22.2 Å². The van der Waals surface area contributed by atoms with Gasteiger partial charge in [-0.2, -0.15) is 0 Å². The summed E-state index contributed by atoms with van der Waals surface area (Å²) < 4.78 is 2.14. The summed E-state index contributed by atoms with van der Waals surface area (Å²) >= 11 is 0. The fraction of sp³-hybridized carbons (Fsp3) is 0.250. The van der Waals surface area contributed by atoms with E-state index in [1.807, 2.05) is 25.1 Å². The second-order valence-corrected chi connectivity index (χ2v) is 3.69. The first-order chi connectivity index (χ1) is 7.22. The summed E-state index contributed by atoms with van der Waals surface area (Å²) in [6, 6.07) is 8.10. The van der Waals surface area contributed by atoms with E-state index in [9.17, 15) is 0 Å². The zero-order valence-electron chi connectivity index (χ0n) is 8.90. The molecule has 15 heavy (non-hydrogen) atoms. The first-order valence-corrected chi connectivity index (χ1v) is 5.01. The fourth-order valence-electron chi connectivity index (χ4n) is 1.68. The number of nitrogens with two attached hydrogens (primary N) is 1. The third-order valence-electron chi connectivity index (χ3n) is 2.52. The molecular formula is C12H15N3. The normalized spacial score (nSPS) is 10.8. The predicted molar refractivity (Wildman–Crippen MR) is 62.7 cm³/mol. The molecule has 2 N–H and O–H groups in total. The molecule has 1 aromatic carbocycles. The van der Waals surface area contributed by atoms with Crippen molar-refractivity contribution in [3.8, 4) is 0 Å². The predicted octanol–water partition coefficient (Wildman–Crippen LogP) is 1.86. The Bertz CT molecular complexity index is 497. The number of hydrogen-bond acceptors (Lipinski definition) is 2.